The summed E-state index contributed by atoms with van der Waals surface area (Å²) in [7, 11) is 0. The smallest absolute Gasteiger partial charge is 0.242 e. The minimum atomic E-state index is -0.0402. The van der Waals surface area contributed by atoms with Crippen molar-refractivity contribution >= 4 is 11.5 Å². The number of nitrogens with one attached hydrogen (secondary N) is 1. The summed E-state index contributed by atoms with van der Waals surface area (Å²) in [6, 6.07) is 0. The van der Waals surface area contributed by atoms with Crippen molar-refractivity contribution in [3.63, 3.8) is 0 Å². The highest BCUT2D eigenvalue weighted by atomic mass is 16.5. The van der Waals surface area contributed by atoms with Crippen molar-refractivity contribution in [1.29, 1.82) is 0 Å². The first-order valence-electron chi connectivity index (χ1n) is 7.41. The Morgan fingerprint density at radius 1 is 1.40 bits per heavy atom. The molecule has 1 fully saturated rings. The average Bonchev–Trinajstić information content (AvgIpc) is 2.97. The molecule has 0 saturated carbocycles. The van der Waals surface area contributed by atoms with E-state index in [4.69, 9.17) is 15.2 Å². The third kappa shape index (κ3) is 3.50. The minimum Gasteiger partial charge on any atom is -0.476 e. The number of hydrogen-bond donors (Lipinski definition) is 2. The molecule has 1 atom stereocenters. The number of nitrogens with two attached hydrogens (primary N) is 1. The molecule has 0 amide bonds. The van der Waals surface area contributed by atoms with Crippen molar-refractivity contribution in [3.8, 4) is 5.88 Å². The average molecular weight is 280 g/mol. The molecule has 0 aliphatic carbocycles. The Morgan fingerprint density at radius 3 is 2.90 bits per heavy atom. The van der Waals surface area contributed by atoms with Crippen LogP contribution in [0.3, 0.4) is 0 Å². The second-order valence-electron chi connectivity index (χ2n) is 4.88. The quantitative estimate of drug-likeness (QED) is 0.747. The molecule has 20 heavy (non-hydrogen) atoms. The number of rotatable bonds is 7. The Hall–Kier alpha value is -1.56. The molecule has 1 aromatic rings. The summed E-state index contributed by atoms with van der Waals surface area (Å²) in [5.74, 6) is 1.77. The summed E-state index contributed by atoms with van der Waals surface area (Å²) in [6.07, 6.45) is 4.01. The SMILES string of the molecule is CCCCOc1nc(C2CCCO2)nc(NCC)c1N. The lowest BCUT2D eigenvalue weighted by molar-refractivity contribution is 0.104. The molecule has 0 spiro atoms. The largest absolute Gasteiger partial charge is 0.476 e. The molecule has 6 nitrogen and oxygen atoms in total. The Labute approximate surface area is 120 Å². The first-order valence-corrected chi connectivity index (χ1v) is 7.41. The van der Waals surface area contributed by atoms with Gasteiger partial charge in [0.15, 0.2) is 11.6 Å². The van der Waals surface area contributed by atoms with Gasteiger partial charge in [-0.05, 0) is 26.2 Å². The first kappa shape index (κ1) is 14.8. The van der Waals surface area contributed by atoms with Gasteiger partial charge in [0, 0.05) is 13.2 Å². The molecule has 1 aliphatic heterocycles. The normalized spacial score (nSPS) is 18.2. The molecule has 2 rings (SSSR count). The molecule has 6 heteroatoms. The second-order valence-corrected chi connectivity index (χ2v) is 4.88. The van der Waals surface area contributed by atoms with Crippen LogP contribution in [0.15, 0.2) is 0 Å². The summed E-state index contributed by atoms with van der Waals surface area (Å²) in [4.78, 5) is 8.93. The van der Waals surface area contributed by atoms with E-state index in [1.807, 2.05) is 6.92 Å². The van der Waals surface area contributed by atoms with E-state index in [2.05, 4.69) is 22.2 Å². The summed E-state index contributed by atoms with van der Waals surface area (Å²) in [6.45, 7) is 6.26. The highest BCUT2D eigenvalue weighted by Gasteiger charge is 2.23. The number of hydrogen-bond acceptors (Lipinski definition) is 6. The van der Waals surface area contributed by atoms with Crippen LogP contribution in [-0.2, 0) is 4.74 Å². The van der Waals surface area contributed by atoms with Gasteiger partial charge in [0.1, 0.15) is 11.8 Å². The van der Waals surface area contributed by atoms with Crippen LogP contribution in [0.25, 0.3) is 0 Å². The standard InChI is InChI=1S/C14H24N4O2/c1-3-5-8-20-14-11(15)13(16-4-2)17-12(18-14)10-7-6-9-19-10/h10H,3-9,15H2,1-2H3,(H,16,17,18). The Bertz CT molecular complexity index is 433. The number of aromatic nitrogens is 2. The van der Waals surface area contributed by atoms with Crippen molar-refractivity contribution in [2.24, 2.45) is 0 Å². The van der Waals surface area contributed by atoms with Crippen LogP contribution in [0.1, 0.15) is 51.5 Å². The molecule has 1 aliphatic rings. The molecule has 1 aromatic heterocycles. The van der Waals surface area contributed by atoms with Gasteiger partial charge in [-0.15, -0.1) is 0 Å². The van der Waals surface area contributed by atoms with Crippen LogP contribution in [0, 0.1) is 0 Å². The summed E-state index contributed by atoms with van der Waals surface area (Å²) in [5.41, 5.74) is 6.54. The first-order chi connectivity index (χ1) is 9.76. The van der Waals surface area contributed by atoms with E-state index in [-0.39, 0.29) is 6.10 Å². The number of anilines is 2. The lowest BCUT2D eigenvalue weighted by Gasteiger charge is -2.15. The molecule has 0 aromatic carbocycles. The maximum atomic E-state index is 6.07. The van der Waals surface area contributed by atoms with Crippen molar-refractivity contribution in [2.45, 2.75) is 45.6 Å². The minimum absolute atomic E-state index is 0.0402. The maximum absolute atomic E-state index is 6.07. The summed E-state index contributed by atoms with van der Waals surface area (Å²) >= 11 is 0. The van der Waals surface area contributed by atoms with E-state index in [1.54, 1.807) is 0 Å². The third-order valence-electron chi connectivity index (χ3n) is 3.23. The van der Waals surface area contributed by atoms with Crippen LogP contribution < -0.4 is 15.8 Å². The van der Waals surface area contributed by atoms with Gasteiger partial charge in [0.05, 0.1) is 6.61 Å². The van der Waals surface area contributed by atoms with Crippen molar-refractivity contribution in [2.75, 3.05) is 30.8 Å². The molecule has 2 heterocycles. The molecular formula is C14H24N4O2. The molecule has 112 valence electrons. The van der Waals surface area contributed by atoms with Crippen molar-refractivity contribution < 1.29 is 9.47 Å². The van der Waals surface area contributed by atoms with E-state index in [9.17, 15) is 0 Å². The van der Waals surface area contributed by atoms with Gasteiger partial charge in [-0.3, -0.25) is 0 Å². The third-order valence-corrected chi connectivity index (χ3v) is 3.23. The summed E-state index contributed by atoms with van der Waals surface area (Å²) in [5, 5.41) is 3.16. The lowest BCUT2D eigenvalue weighted by Crippen LogP contribution is -2.13. The van der Waals surface area contributed by atoms with Crippen LogP contribution >= 0.6 is 0 Å². The van der Waals surface area contributed by atoms with Gasteiger partial charge in [0.25, 0.3) is 0 Å². The Morgan fingerprint density at radius 2 is 2.25 bits per heavy atom. The van der Waals surface area contributed by atoms with Crippen molar-refractivity contribution in [3.05, 3.63) is 5.82 Å². The number of nitrogens with zero attached hydrogens (tertiary/aromatic N) is 2. The van der Waals surface area contributed by atoms with Gasteiger partial charge in [-0.1, -0.05) is 13.3 Å². The zero-order chi connectivity index (χ0) is 14.4. The fraction of sp³-hybridized carbons (Fsp3) is 0.714. The zero-order valence-corrected chi connectivity index (χ0v) is 12.3. The number of unbranched alkanes of at least 4 members (excludes halogenated alkanes) is 1. The second kappa shape index (κ2) is 7.28. The van der Waals surface area contributed by atoms with E-state index < -0.39 is 0 Å². The Kier molecular flexibility index (Phi) is 5.40. The predicted octanol–water partition coefficient (Wildman–Crippen LogP) is 2.52. The topological polar surface area (TPSA) is 82.3 Å². The van der Waals surface area contributed by atoms with Crippen LogP contribution in [-0.4, -0.2) is 29.7 Å². The van der Waals surface area contributed by atoms with Gasteiger partial charge >= 0.3 is 0 Å². The monoisotopic (exact) mass is 280 g/mol. The van der Waals surface area contributed by atoms with E-state index in [0.717, 1.165) is 38.8 Å². The fourth-order valence-electron chi connectivity index (χ4n) is 2.12. The van der Waals surface area contributed by atoms with E-state index in [1.165, 1.54) is 0 Å². The van der Waals surface area contributed by atoms with Gasteiger partial charge in [-0.2, -0.15) is 4.98 Å². The highest BCUT2D eigenvalue weighted by molar-refractivity contribution is 5.67. The van der Waals surface area contributed by atoms with Crippen molar-refractivity contribution in [1.82, 2.24) is 9.97 Å². The molecule has 1 saturated heterocycles. The summed E-state index contributed by atoms with van der Waals surface area (Å²) < 4.78 is 11.3. The molecule has 1 unspecified atom stereocenters. The number of nitrogen functional groups attached to an aromatic ring is 1. The predicted molar refractivity (Wildman–Crippen MR) is 78.9 cm³/mol. The van der Waals surface area contributed by atoms with Crippen LogP contribution in [0.4, 0.5) is 11.5 Å². The molecular weight excluding hydrogens is 256 g/mol. The lowest BCUT2D eigenvalue weighted by atomic mass is 10.2. The molecule has 0 bridgehead atoms. The fourth-order valence-corrected chi connectivity index (χ4v) is 2.12. The zero-order valence-electron chi connectivity index (χ0n) is 12.3. The van der Waals surface area contributed by atoms with Crippen LogP contribution in [0.2, 0.25) is 0 Å². The number of ether oxygens (including phenoxy) is 2. The molecule has 0 radical (unpaired) electrons. The molecule has 3 N–H and O–H groups in total. The maximum Gasteiger partial charge on any atom is 0.242 e. The van der Waals surface area contributed by atoms with Gasteiger partial charge < -0.3 is 20.5 Å². The van der Waals surface area contributed by atoms with E-state index in [0.29, 0.717) is 29.8 Å². The van der Waals surface area contributed by atoms with Crippen LogP contribution in [0.5, 0.6) is 5.88 Å². The van der Waals surface area contributed by atoms with E-state index >= 15 is 0 Å². The van der Waals surface area contributed by atoms with Gasteiger partial charge in [0.2, 0.25) is 5.88 Å². The Balaban J connectivity index is 2.22. The highest BCUT2D eigenvalue weighted by Crippen LogP contribution is 2.32. The van der Waals surface area contributed by atoms with Gasteiger partial charge in [-0.25, -0.2) is 4.98 Å².